The van der Waals surface area contributed by atoms with E-state index in [0.717, 1.165) is 24.7 Å². The number of rotatable bonds is 6. The second-order valence-corrected chi connectivity index (χ2v) is 9.47. The van der Waals surface area contributed by atoms with Crippen molar-refractivity contribution in [1.29, 1.82) is 0 Å². The average molecular weight is 624 g/mol. The summed E-state index contributed by atoms with van der Waals surface area (Å²) in [7, 11) is 1.59. The number of esters is 1. The van der Waals surface area contributed by atoms with Crippen LogP contribution in [-0.4, -0.2) is 13.1 Å². The maximum absolute atomic E-state index is 12.4. The number of carbonyl (C=O) groups excluding carboxylic acids is 1. The van der Waals surface area contributed by atoms with Crippen molar-refractivity contribution in [3.63, 3.8) is 0 Å². The van der Waals surface area contributed by atoms with Gasteiger partial charge in [0.15, 0.2) is 11.5 Å². The second-order valence-electron chi connectivity index (χ2n) is 6.95. The summed E-state index contributed by atoms with van der Waals surface area (Å²) in [6, 6.07) is 18.9. The number of hydrogen-bond acceptors (Lipinski definition) is 4. The molecule has 162 valence electrons. The van der Waals surface area contributed by atoms with E-state index in [0.29, 0.717) is 34.5 Å². The fourth-order valence-electron chi connectivity index (χ4n) is 3.12. The highest BCUT2D eigenvalue weighted by atomic mass is 127. The van der Waals surface area contributed by atoms with Crippen molar-refractivity contribution in [2.24, 2.45) is 0 Å². The van der Waals surface area contributed by atoms with Crippen molar-refractivity contribution in [3.8, 4) is 11.5 Å². The van der Waals surface area contributed by atoms with Crippen LogP contribution in [0.15, 0.2) is 76.8 Å². The zero-order chi connectivity index (χ0) is 22.7. The summed E-state index contributed by atoms with van der Waals surface area (Å²) in [5.41, 5.74) is 3.11. The van der Waals surface area contributed by atoms with Crippen LogP contribution in [0.4, 0.5) is 0 Å². The first-order valence-corrected chi connectivity index (χ1v) is 11.8. The molecule has 0 aliphatic carbocycles. The summed E-state index contributed by atoms with van der Waals surface area (Å²) in [6.07, 6.45) is 3.53. The van der Waals surface area contributed by atoms with Crippen LogP contribution >= 0.6 is 50.1 Å². The summed E-state index contributed by atoms with van der Waals surface area (Å²) in [5, 5.41) is 0.682. The highest BCUT2D eigenvalue weighted by Crippen LogP contribution is 2.36. The Bertz CT molecular complexity index is 1220. The highest BCUT2D eigenvalue weighted by molar-refractivity contribution is 14.1. The van der Waals surface area contributed by atoms with Gasteiger partial charge in [0.25, 0.3) is 0 Å². The fourth-order valence-corrected chi connectivity index (χ4v) is 4.30. The molecule has 0 amide bonds. The topological polar surface area (TPSA) is 44.8 Å². The third kappa shape index (κ3) is 5.36. The lowest BCUT2D eigenvalue weighted by molar-refractivity contribution is -0.130. The molecule has 0 radical (unpaired) electrons. The van der Waals surface area contributed by atoms with Crippen LogP contribution in [0, 0.1) is 3.57 Å². The van der Waals surface area contributed by atoms with E-state index in [-0.39, 0.29) is 5.97 Å². The quantitative estimate of drug-likeness (QED) is 0.165. The molecule has 1 aliphatic heterocycles. The predicted molar refractivity (Wildman–Crippen MR) is 138 cm³/mol. The van der Waals surface area contributed by atoms with Gasteiger partial charge in [-0.25, -0.2) is 4.79 Å². The Hall–Kier alpha value is -2.29. The number of carbonyl (C=O) groups is 1. The van der Waals surface area contributed by atoms with E-state index >= 15 is 0 Å². The SMILES string of the molecule is COc1cc(/C=C2\C=C(c3ccc(Br)cc3)OC2=O)cc(I)c1OCc1ccc(Cl)cc1. The summed E-state index contributed by atoms with van der Waals surface area (Å²) in [6.45, 7) is 0.385. The van der Waals surface area contributed by atoms with Gasteiger partial charge in [0.05, 0.1) is 16.3 Å². The van der Waals surface area contributed by atoms with Gasteiger partial charge >= 0.3 is 5.97 Å². The van der Waals surface area contributed by atoms with Crippen molar-refractivity contribution in [2.75, 3.05) is 7.11 Å². The molecule has 1 aliphatic rings. The van der Waals surface area contributed by atoms with E-state index in [9.17, 15) is 4.79 Å². The molecule has 0 atom stereocenters. The normalized spacial score (nSPS) is 14.3. The number of benzene rings is 3. The molecule has 1 heterocycles. The Balaban J connectivity index is 1.58. The number of methoxy groups -OCH3 is 1. The predicted octanol–water partition coefficient (Wildman–Crippen LogP) is 7.28. The largest absolute Gasteiger partial charge is 0.493 e. The minimum absolute atomic E-state index is 0.385. The smallest absolute Gasteiger partial charge is 0.343 e. The lowest BCUT2D eigenvalue weighted by atomic mass is 10.1. The summed E-state index contributed by atoms with van der Waals surface area (Å²) < 4.78 is 18.8. The van der Waals surface area contributed by atoms with Crippen LogP contribution in [0.3, 0.4) is 0 Å². The van der Waals surface area contributed by atoms with Crippen molar-refractivity contribution in [1.82, 2.24) is 0 Å². The molecule has 4 nitrogen and oxygen atoms in total. The lowest BCUT2D eigenvalue weighted by Crippen LogP contribution is -2.01. The van der Waals surface area contributed by atoms with Crippen molar-refractivity contribution in [2.45, 2.75) is 6.61 Å². The molecule has 7 heteroatoms. The Morgan fingerprint density at radius 3 is 2.50 bits per heavy atom. The van der Waals surface area contributed by atoms with E-state index in [1.54, 1.807) is 19.3 Å². The first kappa shape index (κ1) is 22.9. The standard InChI is InChI=1S/C25H17BrClIO4/c1-30-23-12-16(11-21(28)24(23)31-14-15-2-8-20(27)9-3-15)10-18-13-22(32-25(18)29)17-4-6-19(26)7-5-17/h2-13H,14H2,1H3/b18-10+. The number of cyclic esters (lactones) is 1. The minimum Gasteiger partial charge on any atom is -0.493 e. The second kappa shape index (κ2) is 10.1. The van der Waals surface area contributed by atoms with Crippen LogP contribution in [0.2, 0.25) is 5.02 Å². The van der Waals surface area contributed by atoms with Crippen LogP contribution in [0.25, 0.3) is 11.8 Å². The van der Waals surface area contributed by atoms with Crippen molar-refractivity contribution >= 4 is 67.9 Å². The van der Waals surface area contributed by atoms with E-state index in [1.807, 2.05) is 60.7 Å². The molecule has 0 bridgehead atoms. The van der Waals surface area contributed by atoms with Gasteiger partial charge in [-0.2, -0.15) is 0 Å². The molecule has 0 N–H and O–H groups in total. The maximum atomic E-state index is 12.4. The van der Waals surface area contributed by atoms with Crippen LogP contribution in [-0.2, 0) is 16.1 Å². The molecule has 0 fully saturated rings. The van der Waals surface area contributed by atoms with Gasteiger partial charge in [-0.05, 0) is 82.3 Å². The molecule has 0 aromatic heterocycles. The Labute approximate surface area is 213 Å². The Kier molecular flexibility index (Phi) is 7.23. The molecule has 32 heavy (non-hydrogen) atoms. The van der Waals surface area contributed by atoms with Crippen LogP contribution in [0.5, 0.6) is 11.5 Å². The third-order valence-electron chi connectivity index (χ3n) is 4.72. The van der Waals surface area contributed by atoms with Crippen LogP contribution in [0.1, 0.15) is 16.7 Å². The Morgan fingerprint density at radius 1 is 1.09 bits per heavy atom. The Morgan fingerprint density at radius 2 is 1.81 bits per heavy atom. The van der Waals surface area contributed by atoms with E-state index < -0.39 is 0 Å². The minimum atomic E-state index is -0.389. The molecule has 0 spiro atoms. The van der Waals surface area contributed by atoms with Gasteiger partial charge < -0.3 is 14.2 Å². The number of hydrogen-bond donors (Lipinski definition) is 0. The van der Waals surface area contributed by atoms with E-state index in [1.165, 1.54) is 0 Å². The van der Waals surface area contributed by atoms with Gasteiger partial charge in [-0.1, -0.05) is 51.8 Å². The molecule has 0 unspecified atom stereocenters. The first-order valence-electron chi connectivity index (χ1n) is 9.59. The lowest BCUT2D eigenvalue weighted by Gasteiger charge is -2.14. The molecular weight excluding hydrogens is 607 g/mol. The third-order valence-corrected chi connectivity index (χ3v) is 6.31. The molecular formula is C25H17BrClIO4. The van der Waals surface area contributed by atoms with Crippen molar-refractivity contribution < 1.29 is 19.0 Å². The van der Waals surface area contributed by atoms with Gasteiger partial charge in [-0.15, -0.1) is 0 Å². The van der Waals surface area contributed by atoms with E-state index in [2.05, 4.69) is 38.5 Å². The molecule has 3 aromatic rings. The van der Waals surface area contributed by atoms with Gasteiger partial charge in [-0.3, -0.25) is 0 Å². The first-order chi connectivity index (χ1) is 15.4. The van der Waals surface area contributed by atoms with Crippen molar-refractivity contribution in [3.05, 3.63) is 102 Å². The highest BCUT2D eigenvalue weighted by Gasteiger charge is 2.22. The zero-order valence-electron chi connectivity index (χ0n) is 16.9. The number of ether oxygens (including phenoxy) is 3. The summed E-state index contributed by atoms with van der Waals surface area (Å²) in [5.74, 6) is 1.37. The molecule has 0 saturated heterocycles. The average Bonchev–Trinajstić information content (AvgIpc) is 3.14. The van der Waals surface area contributed by atoms with Gasteiger partial charge in [0.1, 0.15) is 12.4 Å². The zero-order valence-corrected chi connectivity index (χ0v) is 21.4. The monoisotopic (exact) mass is 622 g/mol. The molecule has 3 aromatic carbocycles. The number of halogens is 3. The molecule has 4 rings (SSSR count). The van der Waals surface area contributed by atoms with E-state index in [4.69, 9.17) is 25.8 Å². The summed E-state index contributed by atoms with van der Waals surface area (Å²) >= 11 is 11.6. The van der Waals surface area contributed by atoms with Gasteiger partial charge in [0, 0.05) is 15.1 Å². The molecule has 0 saturated carbocycles. The maximum Gasteiger partial charge on any atom is 0.343 e. The van der Waals surface area contributed by atoms with Gasteiger partial charge in [0.2, 0.25) is 0 Å². The van der Waals surface area contributed by atoms with Crippen LogP contribution < -0.4 is 9.47 Å². The summed E-state index contributed by atoms with van der Waals surface area (Å²) in [4.78, 5) is 12.4. The fraction of sp³-hybridized carbons (Fsp3) is 0.0800.